The Morgan fingerprint density at radius 2 is 1.93 bits per heavy atom. The van der Waals surface area contributed by atoms with Gasteiger partial charge in [-0.3, -0.25) is 9.59 Å². The maximum absolute atomic E-state index is 14.2. The Morgan fingerprint density at radius 3 is 2.67 bits per heavy atom. The van der Waals surface area contributed by atoms with E-state index in [1.807, 2.05) is 0 Å². The standard InChI is InChI=1S/C19H14F2N4O2/c1-22-18-16(15(26)9-25(18)14-5-3-2-4-12(14)21)17-23-13-8-10(20)6-7-11(13)19(27)24-17/h2-8,22H,9H2,1H3,(H,23,24,27). The van der Waals surface area contributed by atoms with E-state index >= 15 is 0 Å². The number of aromatic amines is 1. The van der Waals surface area contributed by atoms with Gasteiger partial charge in [0.15, 0.2) is 5.78 Å². The fourth-order valence-electron chi connectivity index (χ4n) is 3.18. The molecule has 2 N–H and O–H groups in total. The minimum atomic E-state index is -0.542. The van der Waals surface area contributed by atoms with Gasteiger partial charge in [-0.25, -0.2) is 13.8 Å². The van der Waals surface area contributed by atoms with Gasteiger partial charge >= 0.3 is 0 Å². The largest absolute Gasteiger partial charge is 0.374 e. The predicted molar refractivity (Wildman–Crippen MR) is 97.1 cm³/mol. The van der Waals surface area contributed by atoms with Crippen molar-refractivity contribution >= 4 is 27.9 Å². The van der Waals surface area contributed by atoms with Gasteiger partial charge < -0.3 is 15.2 Å². The summed E-state index contributed by atoms with van der Waals surface area (Å²) < 4.78 is 27.7. The number of fused-ring (bicyclic) bond motifs is 1. The van der Waals surface area contributed by atoms with Gasteiger partial charge in [0.05, 0.1) is 23.1 Å². The molecule has 0 radical (unpaired) electrons. The number of H-pyrrole nitrogens is 1. The van der Waals surface area contributed by atoms with Gasteiger partial charge in [-0.15, -0.1) is 0 Å². The first-order valence-corrected chi connectivity index (χ1v) is 8.17. The average molecular weight is 368 g/mol. The van der Waals surface area contributed by atoms with E-state index in [1.165, 1.54) is 17.0 Å². The number of hydrogen-bond donors (Lipinski definition) is 2. The number of ketones is 1. The highest BCUT2D eigenvalue weighted by Gasteiger charge is 2.34. The number of carbonyl (C=O) groups is 1. The number of hydrogen-bond acceptors (Lipinski definition) is 5. The number of rotatable bonds is 3. The molecule has 1 aliphatic rings. The summed E-state index contributed by atoms with van der Waals surface area (Å²) in [5.74, 6) is -1.06. The third-order valence-electron chi connectivity index (χ3n) is 4.37. The van der Waals surface area contributed by atoms with Crippen LogP contribution in [0, 0.1) is 11.6 Å². The Hall–Kier alpha value is -3.55. The molecule has 6 nitrogen and oxygen atoms in total. The van der Waals surface area contributed by atoms with Gasteiger partial charge in [-0.05, 0) is 24.3 Å². The second-order valence-corrected chi connectivity index (χ2v) is 6.01. The third-order valence-corrected chi connectivity index (χ3v) is 4.37. The van der Waals surface area contributed by atoms with Crippen molar-refractivity contribution in [1.82, 2.24) is 15.3 Å². The van der Waals surface area contributed by atoms with Crippen molar-refractivity contribution in [2.24, 2.45) is 0 Å². The van der Waals surface area contributed by atoms with E-state index in [0.29, 0.717) is 5.82 Å². The first kappa shape index (κ1) is 16.9. The number of Topliss-reactive ketones (excluding diaryl/α,β-unsaturated/α-hetero) is 1. The normalized spacial score (nSPS) is 14.3. The maximum atomic E-state index is 14.2. The van der Waals surface area contributed by atoms with Crippen LogP contribution in [0.1, 0.15) is 5.82 Å². The van der Waals surface area contributed by atoms with Crippen LogP contribution in [-0.2, 0) is 4.79 Å². The Kier molecular flexibility index (Phi) is 3.95. The van der Waals surface area contributed by atoms with E-state index in [0.717, 1.165) is 12.1 Å². The van der Waals surface area contributed by atoms with Crippen LogP contribution in [0.5, 0.6) is 0 Å². The van der Waals surface area contributed by atoms with Crippen molar-refractivity contribution in [3.63, 3.8) is 0 Å². The fraction of sp³-hybridized carbons (Fsp3) is 0.105. The lowest BCUT2D eigenvalue weighted by molar-refractivity contribution is -0.112. The highest BCUT2D eigenvalue weighted by atomic mass is 19.1. The number of nitrogens with zero attached hydrogens (tertiary/aromatic N) is 2. The summed E-state index contributed by atoms with van der Waals surface area (Å²) in [7, 11) is 1.58. The zero-order valence-electron chi connectivity index (χ0n) is 14.2. The molecule has 1 aromatic heterocycles. The molecule has 2 heterocycles. The van der Waals surface area contributed by atoms with E-state index in [4.69, 9.17) is 0 Å². The van der Waals surface area contributed by atoms with E-state index < -0.39 is 17.2 Å². The summed E-state index contributed by atoms with van der Waals surface area (Å²) >= 11 is 0. The third kappa shape index (κ3) is 2.75. The molecule has 3 aromatic rings. The number of para-hydroxylation sites is 1. The van der Waals surface area contributed by atoms with Crippen molar-refractivity contribution in [2.75, 3.05) is 18.5 Å². The Bertz CT molecular complexity index is 1170. The Balaban J connectivity index is 1.92. The highest BCUT2D eigenvalue weighted by molar-refractivity contribution is 6.26. The van der Waals surface area contributed by atoms with Crippen LogP contribution in [-0.4, -0.2) is 29.3 Å². The second kappa shape index (κ2) is 6.31. The first-order valence-electron chi connectivity index (χ1n) is 8.17. The van der Waals surface area contributed by atoms with Crippen LogP contribution in [0.4, 0.5) is 14.5 Å². The molecule has 0 bridgehead atoms. The van der Waals surface area contributed by atoms with Gasteiger partial charge in [-0.2, -0.15) is 0 Å². The molecule has 0 spiro atoms. The molecular formula is C19H14F2N4O2. The molecular weight excluding hydrogens is 354 g/mol. The molecule has 0 amide bonds. The summed E-state index contributed by atoms with van der Waals surface area (Å²) in [6.45, 7) is -0.114. The lowest BCUT2D eigenvalue weighted by atomic mass is 10.1. The van der Waals surface area contributed by atoms with Crippen LogP contribution < -0.4 is 15.8 Å². The van der Waals surface area contributed by atoms with E-state index in [9.17, 15) is 18.4 Å². The second-order valence-electron chi connectivity index (χ2n) is 6.01. The number of halogens is 2. The molecule has 0 aliphatic carbocycles. The summed E-state index contributed by atoms with van der Waals surface area (Å²) in [5, 5.41) is 3.09. The maximum Gasteiger partial charge on any atom is 0.259 e. The van der Waals surface area contributed by atoms with Crippen molar-refractivity contribution in [1.29, 1.82) is 0 Å². The Morgan fingerprint density at radius 1 is 1.15 bits per heavy atom. The predicted octanol–water partition coefficient (Wildman–Crippen LogP) is 2.18. The van der Waals surface area contributed by atoms with E-state index in [1.54, 1.807) is 25.2 Å². The summed E-state index contributed by atoms with van der Waals surface area (Å²) in [4.78, 5) is 33.3. The van der Waals surface area contributed by atoms with Crippen LogP contribution in [0.2, 0.25) is 0 Å². The minimum absolute atomic E-state index is 0.00582. The van der Waals surface area contributed by atoms with Gasteiger partial charge in [0, 0.05) is 13.1 Å². The van der Waals surface area contributed by atoms with Gasteiger partial charge in [-0.1, -0.05) is 12.1 Å². The van der Waals surface area contributed by atoms with Crippen LogP contribution in [0.15, 0.2) is 53.1 Å². The average Bonchev–Trinajstić information content (AvgIpc) is 2.97. The van der Waals surface area contributed by atoms with Gasteiger partial charge in [0.1, 0.15) is 28.9 Å². The SMILES string of the molecule is CNC1=C(c2nc3cc(F)ccc3c(=O)[nH]2)C(=O)CN1c1ccccc1F. The van der Waals surface area contributed by atoms with Gasteiger partial charge in [0.2, 0.25) is 0 Å². The van der Waals surface area contributed by atoms with Crippen molar-refractivity contribution < 1.29 is 13.6 Å². The smallest absolute Gasteiger partial charge is 0.259 e. The molecule has 0 unspecified atom stereocenters. The zero-order chi connectivity index (χ0) is 19.1. The molecule has 136 valence electrons. The van der Waals surface area contributed by atoms with Crippen LogP contribution >= 0.6 is 0 Å². The summed E-state index contributed by atoms with van der Waals surface area (Å²) in [5.41, 5.74) is -0.0210. The molecule has 2 aromatic carbocycles. The lowest BCUT2D eigenvalue weighted by Crippen LogP contribution is -2.28. The Labute approximate surface area is 152 Å². The van der Waals surface area contributed by atoms with Crippen molar-refractivity contribution in [3.05, 3.63) is 76.1 Å². The van der Waals surface area contributed by atoms with Crippen molar-refractivity contribution in [2.45, 2.75) is 0 Å². The monoisotopic (exact) mass is 368 g/mol. The molecule has 0 saturated heterocycles. The summed E-state index contributed by atoms with van der Waals surface area (Å²) in [6, 6.07) is 9.68. The topological polar surface area (TPSA) is 78.1 Å². The number of aromatic nitrogens is 2. The molecule has 1 aliphatic heterocycles. The quantitative estimate of drug-likeness (QED) is 0.741. The number of anilines is 1. The van der Waals surface area contributed by atoms with Gasteiger partial charge in [0.25, 0.3) is 5.56 Å². The lowest BCUT2D eigenvalue weighted by Gasteiger charge is -2.21. The molecule has 0 saturated carbocycles. The minimum Gasteiger partial charge on any atom is -0.374 e. The van der Waals surface area contributed by atoms with E-state index in [2.05, 4.69) is 15.3 Å². The molecule has 0 atom stereocenters. The number of nitrogens with one attached hydrogen (secondary N) is 2. The highest BCUT2D eigenvalue weighted by Crippen LogP contribution is 2.31. The molecule has 4 rings (SSSR count). The van der Waals surface area contributed by atoms with Crippen LogP contribution in [0.25, 0.3) is 16.5 Å². The summed E-state index contributed by atoms with van der Waals surface area (Å²) in [6.07, 6.45) is 0. The van der Waals surface area contributed by atoms with Crippen LogP contribution in [0.3, 0.4) is 0 Å². The zero-order valence-corrected chi connectivity index (χ0v) is 14.2. The van der Waals surface area contributed by atoms with Crippen molar-refractivity contribution in [3.8, 4) is 0 Å². The number of carbonyl (C=O) groups excluding carboxylic acids is 1. The number of benzene rings is 2. The first-order chi connectivity index (χ1) is 13.0. The van der Waals surface area contributed by atoms with E-state index in [-0.39, 0.29) is 40.3 Å². The molecule has 0 fully saturated rings. The molecule has 8 heteroatoms. The molecule has 27 heavy (non-hydrogen) atoms. The fourth-order valence-corrected chi connectivity index (χ4v) is 3.18.